The fourth-order valence-electron chi connectivity index (χ4n) is 1.56. The van der Waals surface area contributed by atoms with Crippen LogP contribution in [0.4, 0.5) is 5.69 Å². The van der Waals surface area contributed by atoms with Gasteiger partial charge in [-0.1, -0.05) is 24.3 Å². The van der Waals surface area contributed by atoms with Crippen molar-refractivity contribution in [1.29, 1.82) is 0 Å². The first-order valence-electron chi connectivity index (χ1n) is 4.54. The van der Waals surface area contributed by atoms with Gasteiger partial charge in [0.2, 0.25) is 0 Å². The molecule has 0 aliphatic rings. The molecule has 17 heavy (non-hydrogen) atoms. The fourth-order valence-corrected chi connectivity index (χ4v) is 2.23. The maximum atomic E-state index is 11.1. The highest BCUT2D eigenvalue weighted by atomic mass is 32.2. The van der Waals surface area contributed by atoms with Crippen molar-refractivity contribution in [3.8, 4) is 0 Å². The van der Waals surface area contributed by atoms with Gasteiger partial charge < -0.3 is 0 Å². The summed E-state index contributed by atoms with van der Waals surface area (Å²) in [5, 5.41) is 11.8. The second kappa shape index (κ2) is 3.79. The van der Waals surface area contributed by atoms with Gasteiger partial charge in [-0.15, -0.1) is 0 Å². The van der Waals surface area contributed by atoms with Gasteiger partial charge in [0.15, 0.2) is 4.90 Å². The van der Waals surface area contributed by atoms with E-state index in [1.165, 1.54) is 0 Å². The summed E-state index contributed by atoms with van der Waals surface area (Å²) in [4.78, 5) is 9.21. The molecule has 7 heteroatoms. The third kappa shape index (κ3) is 2.10. The molecule has 0 aromatic heterocycles. The van der Waals surface area contributed by atoms with Crippen molar-refractivity contribution in [2.75, 3.05) is 0 Å². The maximum Gasteiger partial charge on any atom is 0.301 e. The molecule has 0 amide bonds. The van der Waals surface area contributed by atoms with E-state index in [4.69, 9.17) is 4.55 Å². The van der Waals surface area contributed by atoms with Crippen LogP contribution in [0, 0.1) is 10.1 Å². The second-order valence-corrected chi connectivity index (χ2v) is 4.79. The summed E-state index contributed by atoms with van der Waals surface area (Å²) >= 11 is 0. The van der Waals surface area contributed by atoms with Crippen LogP contribution in [0.3, 0.4) is 0 Å². The standard InChI is InChI=1S/C10H7NO5S/c12-11(13)9-5-7-3-1-2-4-8(7)6-10(9)17(14,15)16/h1-6H,(H,14,15,16). The van der Waals surface area contributed by atoms with Gasteiger partial charge >= 0.3 is 10.1 Å². The minimum absolute atomic E-state index is 0.505. The highest BCUT2D eigenvalue weighted by Crippen LogP contribution is 2.29. The predicted octanol–water partition coefficient (Wildman–Crippen LogP) is 1.99. The summed E-state index contributed by atoms with van der Waals surface area (Å²) in [5.41, 5.74) is -0.633. The van der Waals surface area contributed by atoms with Crippen LogP contribution >= 0.6 is 0 Å². The van der Waals surface area contributed by atoms with Crippen molar-refractivity contribution in [3.63, 3.8) is 0 Å². The number of rotatable bonds is 2. The van der Waals surface area contributed by atoms with Gasteiger partial charge in [0, 0.05) is 6.07 Å². The van der Waals surface area contributed by atoms with Gasteiger partial charge in [0.05, 0.1) is 4.92 Å². The molecule has 0 fully saturated rings. The molecule has 0 aliphatic heterocycles. The quantitative estimate of drug-likeness (QED) is 0.501. The van der Waals surface area contributed by atoms with Gasteiger partial charge in [-0.3, -0.25) is 14.7 Å². The molecule has 0 bridgehead atoms. The van der Waals surface area contributed by atoms with Crippen LogP contribution in [0.5, 0.6) is 0 Å². The van der Waals surface area contributed by atoms with E-state index >= 15 is 0 Å². The first kappa shape index (κ1) is 11.5. The number of nitrogens with zero attached hydrogens (tertiary/aromatic N) is 1. The second-order valence-electron chi connectivity index (χ2n) is 3.40. The molecule has 0 unspecified atom stereocenters. The first-order valence-corrected chi connectivity index (χ1v) is 5.98. The number of hydrogen-bond donors (Lipinski definition) is 1. The molecule has 2 aromatic rings. The van der Waals surface area contributed by atoms with Gasteiger partial charge in [-0.05, 0) is 16.8 Å². The van der Waals surface area contributed by atoms with E-state index in [-0.39, 0.29) is 0 Å². The molecule has 0 heterocycles. The first-order chi connectivity index (χ1) is 7.89. The summed E-state index contributed by atoms with van der Waals surface area (Å²) in [6.07, 6.45) is 0. The van der Waals surface area contributed by atoms with Crippen molar-refractivity contribution in [2.24, 2.45) is 0 Å². The van der Waals surface area contributed by atoms with Crippen LogP contribution in [-0.4, -0.2) is 17.9 Å². The zero-order valence-corrected chi connectivity index (χ0v) is 9.22. The Hall–Kier alpha value is -1.99. The van der Waals surface area contributed by atoms with Crippen molar-refractivity contribution < 1.29 is 17.9 Å². The van der Waals surface area contributed by atoms with E-state index in [1.807, 2.05) is 0 Å². The van der Waals surface area contributed by atoms with E-state index in [0.29, 0.717) is 10.8 Å². The molecular weight excluding hydrogens is 246 g/mol. The molecule has 0 radical (unpaired) electrons. The molecule has 0 spiro atoms. The van der Waals surface area contributed by atoms with Crippen LogP contribution in [-0.2, 0) is 10.1 Å². The zero-order chi connectivity index (χ0) is 12.6. The molecule has 0 saturated heterocycles. The normalized spacial score (nSPS) is 11.6. The Morgan fingerprint density at radius 3 is 2.12 bits per heavy atom. The Labute approximate surface area is 96.4 Å². The molecule has 1 N–H and O–H groups in total. The Kier molecular flexibility index (Phi) is 2.56. The van der Waals surface area contributed by atoms with Crippen molar-refractivity contribution in [2.45, 2.75) is 4.90 Å². The predicted molar refractivity (Wildman–Crippen MR) is 60.4 cm³/mol. The smallest absolute Gasteiger partial charge is 0.282 e. The van der Waals surface area contributed by atoms with Crippen molar-refractivity contribution >= 4 is 26.6 Å². The molecule has 0 atom stereocenters. The lowest BCUT2D eigenvalue weighted by atomic mass is 10.1. The zero-order valence-electron chi connectivity index (χ0n) is 8.40. The Morgan fingerprint density at radius 2 is 1.65 bits per heavy atom. The number of benzene rings is 2. The number of nitro groups is 1. The highest BCUT2D eigenvalue weighted by Gasteiger charge is 2.24. The molecule has 88 valence electrons. The van der Waals surface area contributed by atoms with Crippen molar-refractivity contribution in [1.82, 2.24) is 0 Å². The third-order valence-corrected chi connectivity index (χ3v) is 3.18. The third-order valence-electron chi connectivity index (χ3n) is 2.30. The van der Waals surface area contributed by atoms with E-state index in [2.05, 4.69) is 0 Å². The van der Waals surface area contributed by atoms with Crippen LogP contribution in [0.2, 0.25) is 0 Å². The van der Waals surface area contributed by atoms with Crippen LogP contribution in [0.15, 0.2) is 41.3 Å². The molecule has 2 rings (SSSR count). The lowest BCUT2D eigenvalue weighted by Crippen LogP contribution is -2.03. The van der Waals surface area contributed by atoms with Gasteiger partial charge in [0.1, 0.15) is 0 Å². The summed E-state index contributed by atoms with van der Waals surface area (Å²) in [6.45, 7) is 0. The number of nitro benzene ring substituents is 1. The van der Waals surface area contributed by atoms with E-state index in [1.54, 1.807) is 24.3 Å². The van der Waals surface area contributed by atoms with Gasteiger partial charge in [-0.25, -0.2) is 0 Å². The summed E-state index contributed by atoms with van der Waals surface area (Å²) in [5.74, 6) is 0. The van der Waals surface area contributed by atoms with Crippen molar-refractivity contribution in [3.05, 3.63) is 46.5 Å². The number of fused-ring (bicyclic) bond motifs is 1. The molecule has 0 saturated carbocycles. The average molecular weight is 253 g/mol. The minimum atomic E-state index is -4.61. The fraction of sp³-hybridized carbons (Fsp3) is 0. The maximum absolute atomic E-state index is 11.1. The Balaban J connectivity index is 2.90. The van der Waals surface area contributed by atoms with E-state index < -0.39 is 25.6 Å². The van der Waals surface area contributed by atoms with Gasteiger partial charge in [-0.2, -0.15) is 8.42 Å². The van der Waals surface area contributed by atoms with E-state index in [0.717, 1.165) is 12.1 Å². The topological polar surface area (TPSA) is 97.5 Å². The molecule has 0 aliphatic carbocycles. The van der Waals surface area contributed by atoms with Crippen LogP contribution in [0.25, 0.3) is 10.8 Å². The lowest BCUT2D eigenvalue weighted by Gasteiger charge is -2.02. The number of hydrogen-bond acceptors (Lipinski definition) is 4. The summed E-state index contributed by atoms with van der Waals surface area (Å²) in [6, 6.07) is 8.78. The Morgan fingerprint density at radius 1 is 1.12 bits per heavy atom. The van der Waals surface area contributed by atoms with E-state index in [9.17, 15) is 18.5 Å². The molecular formula is C10H7NO5S. The molecule has 6 nitrogen and oxygen atoms in total. The lowest BCUT2D eigenvalue weighted by molar-refractivity contribution is -0.387. The SMILES string of the molecule is O=[N+]([O-])c1cc2ccccc2cc1S(=O)(=O)O. The molecule has 2 aromatic carbocycles. The van der Waals surface area contributed by atoms with Gasteiger partial charge in [0.25, 0.3) is 5.69 Å². The Bertz CT molecular complexity index is 708. The van der Waals surface area contributed by atoms with Crippen LogP contribution < -0.4 is 0 Å². The minimum Gasteiger partial charge on any atom is -0.282 e. The highest BCUT2D eigenvalue weighted by molar-refractivity contribution is 7.86. The average Bonchev–Trinajstić information content (AvgIpc) is 2.26. The summed E-state index contributed by atoms with van der Waals surface area (Å²) in [7, 11) is -4.61. The van der Waals surface area contributed by atoms with Crippen LogP contribution in [0.1, 0.15) is 0 Å². The summed E-state index contributed by atoms with van der Waals surface area (Å²) < 4.78 is 31.1. The largest absolute Gasteiger partial charge is 0.301 e. The monoisotopic (exact) mass is 253 g/mol.